The summed E-state index contributed by atoms with van der Waals surface area (Å²) in [6, 6.07) is 0. The molecule has 2 N–H and O–H groups in total. The second kappa shape index (κ2) is 4.52. The van der Waals surface area contributed by atoms with Crippen LogP contribution in [0.5, 0.6) is 0 Å². The number of hydrogen-bond donors (Lipinski definition) is 1. The molecule has 0 bridgehead atoms. The zero-order valence-corrected chi connectivity index (χ0v) is 11.0. The van der Waals surface area contributed by atoms with Gasteiger partial charge < -0.3 is 10.5 Å². The Balaban J connectivity index is 1.78. The van der Waals surface area contributed by atoms with Gasteiger partial charge in [-0.15, -0.1) is 0 Å². The van der Waals surface area contributed by atoms with Gasteiger partial charge in [0.15, 0.2) is 0 Å². The Morgan fingerprint density at radius 2 is 2.29 bits per heavy atom. The van der Waals surface area contributed by atoms with Crippen molar-refractivity contribution in [1.29, 1.82) is 0 Å². The van der Waals surface area contributed by atoms with Crippen LogP contribution in [-0.4, -0.2) is 42.8 Å². The molecule has 4 unspecified atom stereocenters. The topological polar surface area (TPSA) is 38.5 Å². The smallest absolute Gasteiger partial charge is 0.0674 e. The third-order valence-electron chi connectivity index (χ3n) is 5.23. The fraction of sp³-hybridized carbons (Fsp3) is 1.00. The van der Waals surface area contributed by atoms with Crippen molar-refractivity contribution in [3.8, 4) is 0 Å². The van der Waals surface area contributed by atoms with Gasteiger partial charge in [-0.05, 0) is 38.0 Å². The van der Waals surface area contributed by atoms with Crippen LogP contribution in [0.3, 0.4) is 0 Å². The molecule has 3 aliphatic rings. The molecule has 1 heterocycles. The summed E-state index contributed by atoms with van der Waals surface area (Å²) >= 11 is 0. The molecule has 3 heteroatoms. The largest absolute Gasteiger partial charge is 0.377 e. The average molecular weight is 238 g/mol. The van der Waals surface area contributed by atoms with Crippen molar-refractivity contribution < 1.29 is 4.74 Å². The first-order valence-corrected chi connectivity index (χ1v) is 7.33. The number of fused-ring (bicyclic) bond motifs is 1. The Morgan fingerprint density at radius 3 is 3.12 bits per heavy atom. The highest BCUT2D eigenvalue weighted by Gasteiger charge is 2.56. The summed E-state index contributed by atoms with van der Waals surface area (Å²) in [6.45, 7) is 6.24. The van der Waals surface area contributed by atoms with E-state index in [0.29, 0.717) is 11.6 Å². The molecule has 1 saturated heterocycles. The molecule has 0 aromatic rings. The number of nitrogens with two attached hydrogens (primary N) is 1. The number of ether oxygens (including phenoxy) is 1. The van der Waals surface area contributed by atoms with Gasteiger partial charge in [0, 0.05) is 31.8 Å². The predicted molar refractivity (Wildman–Crippen MR) is 68.8 cm³/mol. The Kier molecular flexibility index (Phi) is 3.18. The summed E-state index contributed by atoms with van der Waals surface area (Å²) in [4.78, 5) is 2.69. The number of rotatable bonds is 2. The predicted octanol–water partition coefficient (Wildman–Crippen LogP) is 1.61. The average Bonchev–Trinajstić information content (AvgIpc) is 3.12. The summed E-state index contributed by atoms with van der Waals surface area (Å²) in [6.07, 6.45) is 7.13. The van der Waals surface area contributed by atoms with Crippen molar-refractivity contribution in [2.45, 2.75) is 50.7 Å². The highest BCUT2D eigenvalue weighted by Crippen LogP contribution is 2.56. The van der Waals surface area contributed by atoms with Crippen LogP contribution in [0.25, 0.3) is 0 Å². The van der Waals surface area contributed by atoms with Gasteiger partial charge in [-0.25, -0.2) is 0 Å². The lowest BCUT2D eigenvalue weighted by atomic mass is 9.79. The van der Waals surface area contributed by atoms with Crippen molar-refractivity contribution in [2.75, 3.05) is 26.2 Å². The van der Waals surface area contributed by atoms with E-state index >= 15 is 0 Å². The molecular weight excluding hydrogens is 212 g/mol. The lowest BCUT2D eigenvalue weighted by molar-refractivity contribution is 0.0135. The molecule has 1 aliphatic heterocycles. The molecule has 2 aliphatic carbocycles. The van der Waals surface area contributed by atoms with E-state index < -0.39 is 0 Å². The van der Waals surface area contributed by atoms with Crippen LogP contribution in [0.4, 0.5) is 0 Å². The molecule has 3 rings (SSSR count). The summed E-state index contributed by atoms with van der Waals surface area (Å²) in [5.74, 6) is 1.89. The Morgan fingerprint density at radius 1 is 1.41 bits per heavy atom. The molecule has 0 spiro atoms. The van der Waals surface area contributed by atoms with E-state index in [1.54, 1.807) is 0 Å². The molecule has 17 heavy (non-hydrogen) atoms. The van der Waals surface area contributed by atoms with Crippen LogP contribution in [0.1, 0.15) is 39.0 Å². The van der Waals surface area contributed by atoms with Gasteiger partial charge in [-0.2, -0.15) is 0 Å². The Hall–Kier alpha value is -0.120. The maximum atomic E-state index is 6.20. The molecule has 3 fully saturated rings. The second-order valence-electron chi connectivity index (χ2n) is 6.28. The third-order valence-corrected chi connectivity index (χ3v) is 5.23. The molecule has 0 amide bonds. The normalized spacial score (nSPS) is 47.3. The fourth-order valence-electron chi connectivity index (χ4n) is 4.25. The summed E-state index contributed by atoms with van der Waals surface area (Å²) < 4.78 is 5.78. The van der Waals surface area contributed by atoms with Crippen LogP contribution < -0.4 is 5.73 Å². The Bertz CT molecular complexity index is 283. The highest BCUT2D eigenvalue weighted by atomic mass is 16.5. The molecule has 3 nitrogen and oxygen atoms in total. The van der Waals surface area contributed by atoms with Gasteiger partial charge in [0.1, 0.15) is 0 Å². The molecule has 0 aromatic carbocycles. The second-order valence-corrected chi connectivity index (χ2v) is 6.28. The van der Waals surface area contributed by atoms with E-state index in [1.165, 1.54) is 38.6 Å². The number of nitrogens with zero attached hydrogens (tertiary/aromatic N) is 1. The van der Waals surface area contributed by atoms with Gasteiger partial charge in [-0.3, -0.25) is 4.90 Å². The molecule has 4 atom stereocenters. The molecule has 98 valence electrons. The van der Waals surface area contributed by atoms with Crippen LogP contribution in [0.15, 0.2) is 0 Å². The highest BCUT2D eigenvalue weighted by molar-refractivity contribution is 5.11. The maximum absolute atomic E-state index is 6.20. The van der Waals surface area contributed by atoms with Gasteiger partial charge in [0.05, 0.1) is 6.10 Å². The van der Waals surface area contributed by atoms with Crippen LogP contribution in [0, 0.1) is 11.8 Å². The molecule has 2 saturated carbocycles. The molecule has 0 radical (unpaired) electrons. The minimum absolute atomic E-state index is 0.324. The summed E-state index contributed by atoms with van der Waals surface area (Å²) in [5.41, 5.74) is 6.52. The van der Waals surface area contributed by atoms with Crippen molar-refractivity contribution in [3.05, 3.63) is 0 Å². The lowest BCUT2D eigenvalue weighted by Crippen LogP contribution is -2.58. The third kappa shape index (κ3) is 2.02. The van der Waals surface area contributed by atoms with E-state index in [1.807, 2.05) is 0 Å². The van der Waals surface area contributed by atoms with Crippen molar-refractivity contribution >= 4 is 0 Å². The Labute approximate surface area is 105 Å². The van der Waals surface area contributed by atoms with Crippen molar-refractivity contribution in [1.82, 2.24) is 4.90 Å². The standard InChI is InChI=1S/C14H26N2O/c1-11-9-16(6-3-7-17-11)14(10-15)5-2-4-12-8-13(12)14/h11-13H,2-10,15H2,1H3. The van der Waals surface area contributed by atoms with Crippen molar-refractivity contribution in [2.24, 2.45) is 17.6 Å². The SMILES string of the molecule is CC1CN(C2(CN)CCCC3CC32)CCCO1. The lowest BCUT2D eigenvalue weighted by Gasteiger charge is -2.46. The molecule has 0 aromatic heterocycles. The quantitative estimate of drug-likeness (QED) is 0.794. The van der Waals surface area contributed by atoms with Gasteiger partial charge in [-0.1, -0.05) is 12.8 Å². The summed E-state index contributed by atoms with van der Waals surface area (Å²) in [7, 11) is 0. The van der Waals surface area contributed by atoms with Crippen LogP contribution >= 0.6 is 0 Å². The van der Waals surface area contributed by atoms with E-state index in [9.17, 15) is 0 Å². The van der Waals surface area contributed by atoms with E-state index in [0.717, 1.165) is 31.5 Å². The zero-order chi connectivity index (χ0) is 11.9. The molecular formula is C14H26N2O. The monoisotopic (exact) mass is 238 g/mol. The fourth-order valence-corrected chi connectivity index (χ4v) is 4.25. The summed E-state index contributed by atoms with van der Waals surface area (Å²) in [5, 5.41) is 0. The minimum atomic E-state index is 0.324. The van der Waals surface area contributed by atoms with Crippen LogP contribution in [-0.2, 0) is 4.74 Å². The first-order valence-electron chi connectivity index (χ1n) is 7.33. The van der Waals surface area contributed by atoms with E-state index in [2.05, 4.69) is 11.8 Å². The van der Waals surface area contributed by atoms with Gasteiger partial charge in [0.25, 0.3) is 0 Å². The van der Waals surface area contributed by atoms with E-state index in [4.69, 9.17) is 10.5 Å². The zero-order valence-electron chi connectivity index (χ0n) is 11.0. The first kappa shape index (κ1) is 11.9. The van der Waals surface area contributed by atoms with Gasteiger partial charge in [0.2, 0.25) is 0 Å². The number of hydrogen-bond acceptors (Lipinski definition) is 3. The van der Waals surface area contributed by atoms with E-state index in [-0.39, 0.29) is 0 Å². The van der Waals surface area contributed by atoms with Crippen LogP contribution in [0.2, 0.25) is 0 Å². The van der Waals surface area contributed by atoms with Crippen molar-refractivity contribution in [3.63, 3.8) is 0 Å². The maximum Gasteiger partial charge on any atom is 0.0674 e. The van der Waals surface area contributed by atoms with Gasteiger partial charge >= 0.3 is 0 Å². The first-order chi connectivity index (χ1) is 8.26. The minimum Gasteiger partial charge on any atom is -0.377 e.